The van der Waals surface area contributed by atoms with Gasteiger partial charge in [-0.2, -0.15) is 46.4 Å². The van der Waals surface area contributed by atoms with Crippen molar-refractivity contribution in [1.29, 1.82) is 0 Å². The first-order chi connectivity index (χ1) is 17.7. The number of hydrazone groups is 1. The van der Waals surface area contributed by atoms with Crippen LogP contribution >= 0.6 is 0 Å². The molecular weight excluding hydrogens is 534 g/mol. The van der Waals surface area contributed by atoms with Crippen molar-refractivity contribution in [2.45, 2.75) is 18.5 Å². The Balaban J connectivity index is 1.90. The lowest BCUT2D eigenvalue weighted by Crippen LogP contribution is -2.46. The van der Waals surface area contributed by atoms with E-state index in [-0.39, 0.29) is 17.1 Å². The third kappa shape index (κ3) is 7.45. The van der Waals surface area contributed by atoms with Crippen molar-refractivity contribution in [3.63, 3.8) is 0 Å². The second kappa shape index (κ2) is 10.9. The molecule has 0 radical (unpaired) electrons. The van der Waals surface area contributed by atoms with Crippen LogP contribution in [0.4, 0.5) is 55.3 Å². The van der Waals surface area contributed by atoms with Gasteiger partial charge in [0.05, 0.1) is 16.1 Å². The minimum Gasteiger partial charge on any atom is -0.440 e. The Hall–Kier alpha value is -5.10. The summed E-state index contributed by atoms with van der Waals surface area (Å²) in [4.78, 5) is 30.7. The maximum absolute atomic E-state index is 13.0. The molecule has 1 heterocycles. The minimum absolute atomic E-state index is 0.0799. The molecule has 2 aromatic carbocycles. The average molecular weight is 546 g/mol. The van der Waals surface area contributed by atoms with E-state index < -0.39 is 46.2 Å². The number of nitro benzene ring substituents is 2. The van der Waals surface area contributed by atoms with Crippen molar-refractivity contribution >= 4 is 35.2 Å². The Morgan fingerprint density at radius 2 is 1.32 bits per heavy atom. The van der Waals surface area contributed by atoms with Crippen molar-refractivity contribution in [2.24, 2.45) is 5.10 Å². The predicted octanol–water partition coefficient (Wildman–Crippen LogP) is 4.75. The zero-order chi connectivity index (χ0) is 28.1. The Kier molecular flexibility index (Phi) is 7.87. The molecular formula is C19H12F6N8O5. The van der Waals surface area contributed by atoms with Crippen LogP contribution in [0.1, 0.15) is 5.56 Å². The second-order valence-corrected chi connectivity index (χ2v) is 6.99. The second-order valence-electron chi connectivity index (χ2n) is 6.99. The van der Waals surface area contributed by atoms with E-state index in [0.717, 1.165) is 30.5 Å². The number of hydrogen-bond acceptors (Lipinski definition) is 11. The number of ether oxygens (including phenoxy) is 1. The third-order valence-corrected chi connectivity index (χ3v) is 4.25. The van der Waals surface area contributed by atoms with Gasteiger partial charge in [-0.3, -0.25) is 20.2 Å². The summed E-state index contributed by atoms with van der Waals surface area (Å²) in [5.41, 5.74) is 2.08. The van der Waals surface area contributed by atoms with E-state index in [2.05, 4.69) is 35.5 Å². The fourth-order valence-electron chi connectivity index (χ4n) is 2.58. The molecule has 0 spiro atoms. The summed E-state index contributed by atoms with van der Waals surface area (Å²) >= 11 is 0. The van der Waals surface area contributed by atoms with Gasteiger partial charge in [-0.25, -0.2) is 5.43 Å². The highest BCUT2D eigenvalue weighted by molar-refractivity contribution is 5.80. The molecule has 0 saturated carbocycles. The van der Waals surface area contributed by atoms with Gasteiger partial charge in [0.1, 0.15) is 0 Å². The molecule has 0 fully saturated rings. The summed E-state index contributed by atoms with van der Waals surface area (Å²) in [5, 5.41) is 27.6. The zero-order valence-electron chi connectivity index (χ0n) is 18.3. The molecule has 13 nitrogen and oxygen atoms in total. The number of alkyl halides is 6. The van der Waals surface area contributed by atoms with Gasteiger partial charge in [0, 0.05) is 30.0 Å². The first kappa shape index (κ1) is 27.5. The van der Waals surface area contributed by atoms with E-state index in [1.165, 1.54) is 24.3 Å². The van der Waals surface area contributed by atoms with Crippen molar-refractivity contribution in [2.75, 3.05) is 10.7 Å². The molecule has 19 heteroatoms. The van der Waals surface area contributed by atoms with Gasteiger partial charge in [-0.15, -0.1) is 0 Å². The van der Waals surface area contributed by atoms with Gasteiger partial charge in [-0.05, 0) is 29.8 Å². The number of anilines is 3. The molecule has 3 rings (SSSR count). The maximum Gasteiger partial charge on any atom is 0.434 e. The molecule has 0 saturated heterocycles. The van der Waals surface area contributed by atoms with Crippen LogP contribution in [0.2, 0.25) is 0 Å². The van der Waals surface area contributed by atoms with Gasteiger partial charge in [0.15, 0.2) is 0 Å². The Labute approximate surface area is 206 Å². The van der Waals surface area contributed by atoms with Crippen molar-refractivity contribution in [1.82, 2.24) is 15.0 Å². The summed E-state index contributed by atoms with van der Waals surface area (Å²) in [6.07, 6.45) is -14.9. The number of rotatable bonds is 9. The molecule has 0 aliphatic carbocycles. The summed E-state index contributed by atoms with van der Waals surface area (Å²) in [5.74, 6) is -1.25. The number of aromatic nitrogens is 3. The number of non-ortho nitro benzene ring substituents is 2. The zero-order valence-corrected chi connectivity index (χ0v) is 18.3. The molecule has 0 aliphatic heterocycles. The van der Waals surface area contributed by atoms with Gasteiger partial charge in [-0.1, -0.05) is 0 Å². The van der Waals surface area contributed by atoms with E-state index >= 15 is 0 Å². The van der Waals surface area contributed by atoms with Gasteiger partial charge >= 0.3 is 18.4 Å². The number of halogens is 6. The fourth-order valence-corrected chi connectivity index (χ4v) is 2.58. The normalized spacial score (nSPS) is 12.0. The van der Waals surface area contributed by atoms with Gasteiger partial charge in [0.25, 0.3) is 23.4 Å². The highest BCUT2D eigenvalue weighted by atomic mass is 19.4. The quantitative estimate of drug-likeness (QED) is 0.165. The highest BCUT2D eigenvalue weighted by Gasteiger charge is 2.59. The minimum atomic E-state index is -5.86. The van der Waals surface area contributed by atoms with Crippen molar-refractivity contribution in [3.8, 4) is 6.01 Å². The third-order valence-electron chi connectivity index (χ3n) is 4.25. The summed E-state index contributed by atoms with van der Waals surface area (Å²) in [6, 6.07) is 8.06. The highest BCUT2D eigenvalue weighted by Crippen LogP contribution is 2.36. The van der Waals surface area contributed by atoms with E-state index in [9.17, 15) is 46.6 Å². The Bertz CT molecular complexity index is 1320. The van der Waals surface area contributed by atoms with E-state index in [4.69, 9.17) is 0 Å². The summed E-state index contributed by atoms with van der Waals surface area (Å²) in [6.45, 7) is 0. The molecule has 0 amide bonds. The fraction of sp³-hybridized carbons (Fsp3) is 0.158. The summed E-state index contributed by atoms with van der Waals surface area (Å²) < 4.78 is 81.7. The van der Waals surface area contributed by atoms with Gasteiger partial charge in [0.2, 0.25) is 5.95 Å². The molecule has 2 N–H and O–H groups in total. The summed E-state index contributed by atoms with van der Waals surface area (Å²) in [7, 11) is 0. The molecule has 0 aliphatic rings. The standard InChI is InChI=1S/C19H12F6N8O5/c20-18(21,22)14(19(23,24)25)38-17-29-15(27-11-3-7-13(8-4-11)33(36)37)28-16(30-17)31-26-9-10-1-5-12(6-2-10)32(34)35/h1-9,14H,(H2,27,28,29,30,31)/b26-9-. The number of nitrogens with zero attached hydrogens (tertiary/aromatic N) is 6. The van der Waals surface area contributed by atoms with Crippen LogP contribution in [0.15, 0.2) is 53.6 Å². The molecule has 1 aromatic heterocycles. The van der Waals surface area contributed by atoms with Crippen molar-refractivity contribution < 1.29 is 40.9 Å². The number of nitro groups is 2. The lowest BCUT2D eigenvalue weighted by molar-refractivity contribution is -0.385. The van der Waals surface area contributed by atoms with E-state index in [1.807, 2.05) is 0 Å². The topological polar surface area (TPSA) is 171 Å². The Morgan fingerprint density at radius 1 is 0.816 bits per heavy atom. The largest absolute Gasteiger partial charge is 0.440 e. The molecule has 0 bridgehead atoms. The first-order valence-corrected chi connectivity index (χ1v) is 9.83. The van der Waals surface area contributed by atoms with Gasteiger partial charge < -0.3 is 10.1 Å². The predicted molar refractivity (Wildman–Crippen MR) is 117 cm³/mol. The van der Waals surface area contributed by atoms with E-state index in [1.54, 1.807) is 0 Å². The Morgan fingerprint density at radius 3 is 1.82 bits per heavy atom. The van der Waals surface area contributed by atoms with Crippen LogP contribution in [-0.2, 0) is 0 Å². The van der Waals surface area contributed by atoms with Crippen LogP contribution in [0, 0.1) is 20.2 Å². The lowest BCUT2D eigenvalue weighted by Gasteiger charge is -2.22. The van der Waals surface area contributed by atoms with Crippen molar-refractivity contribution in [3.05, 3.63) is 74.3 Å². The maximum atomic E-state index is 13.0. The van der Waals surface area contributed by atoms with Crippen LogP contribution in [-0.4, -0.2) is 49.5 Å². The first-order valence-electron chi connectivity index (χ1n) is 9.83. The van der Waals surface area contributed by atoms with Crippen LogP contribution in [0.5, 0.6) is 6.01 Å². The molecule has 3 aromatic rings. The van der Waals surface area contributed by atoms with Crippen LogP contribution < -0.4 is 15.5 Å². The number of nitrogens with one attached hydrogen (secondary N) is 2. The number of hydrogen-bond donors (Lipinski definition) is 2. The monoisotopic (exact) mass is 546 g/mol. The molecule has 0 atom stereocenters. The van der Waals surface area contributed by atoms with E-state index in [0.29, 0.717) is 5.56 Å². The van der Waals surface area contributed by atoms with Crippen LogP contribution in [0.3, 0.4) is 0 Å². The smallest absolute Gasteiger partial charge is 0.434 e. The molecule has 38 heavy (non-hydrogen) atoms. The molecule has 0 unspecified atom stereocenters. The average Bonchev–Trinajstić information content (AvgIpc) is 2.82. The lowest BCUT2D eigenvalue weighted by atomic mass is 10.2. The van der Waals surface area contributed by atoms with Crippen LogP contribution in [0.25, 0.3) is 0 Å². The molecule has 200 valence electrons. The SMILES string of the molecule is O=[N+]([O-])c1ccc(/C=N\Nc2nc(Nc3ccc([N+](=O)[O-])cc3)nc(OC(C(F)(F)F)C(F)(F)F)n2)cc1. The number of benzene rings is 2.